The van der Waals surface area contributed by atoms with Crippen LogP contribution in [0.4, 0.5) is 4.39 Å². The molecule has 0 spiro atoms. The largest absolute Gasteiger partial charge is 0.287 e. The standard InChI is InChI=1S/C14H9BrFN3O/c1-19-12(14(15)17-18-19)13(20)10-6-7-11(16)9-5-3-2-4-8(9)10/h2-7H,1H3. The molecule has 0 saturated heterocycles. The molecule has 0 aliphatic rings. The van der Waals surface area contributed by atoms with Crippen molar-refractivity contribution >= 4 is 32.5 Å². The van der Waals surface area contributed by atoms with Gasteiger partial charge in [0.1, 0.15) is 11.5 Å². The molecule has 2 aromatic carbocycles. The predicted octanol–water partition coefficient (Wildman–Crippen LogP) is 3.10. The third-order valence-electron chi connectivity index (χ3n) is 3.12. The summed E-state index contributed by atoms with van der Waals surface area (Å²) in [5.41, 5.74) is 0.759. The molecule has 0 atom stereocenters. The molecule has 0 N–H and O–H groups in total. The molecular formula is C14H9BrFN3O. The number of ketones is 1. The Morgan fingerprint density at radius 2 is 1.90 bits per heavy atom. The first-order valence-corrected chi connectivity index (χ1v) is 6.66. The fourth-order valence-corrected chi connectivity index (χ4v) is 2.67. The maximum Gasteiger partial charge on any atom is 0.214 e. The van der Waals surface area contributed by atoms with E-state index in [4.69, 9.17) is 0 Å². The minimum Gasteiger partial charge on any atom is -0.287 e. The number of aromatic nitrogens is 3. The average molecular weight is 334 g/mol. The molecule has 0 aliphatic carbocycles. The molecule has 0 amide bonds. The average Bonchev–Trinajstić information content (AvgIpc) is 2.78. The van der Waals surface area contributed by atoms with Crippen LogP contribution in [0.25, 0.3) is 10.8 Å². The Balaban J connectivity index is 2.26. The van der Waals surface area contributed by atoms with Crippen molar-refractivity contribution in [2.75, 3.05) is 0 Å². The zero-order chi connectivity index (χ0) is 14.3. The molecule has 3 aromatic rings. The molecule has 20 heavy (non-hydrogen) atoms. The van der Waals surface area contributed by atoms with Crippen LogP contribution in [0.1, 0.15) is 16.1 Å². The molecule has 0 saturated carbocycles. The van der Waals surface area contributed by atoms with Gasteiger partial charge in [-0.3, -0.25) is 4.79 Å². The van der Waals surface area contributed by atoms with Crippen LogP contribution in [0.2, 0.25) is 0 Å². The summed E-state index contributed by atoms with van der Waals surface area (Å²) in [6.07, 6.45) is 0. The molecule has 6 heteroatoms. The van der Waals surface area contributed by atoms with E-state index in [2.05, 4.69) is 26.2 Å². The first-order chi connectivity index (χ1) is 9.59. The number of fused-ring (bicyclic) bond motifs is 1. The summed E-state index contributed by atoms with van der Waals surface area (Å²) in [5, 5.41) is 8.58. The summed E-state index contributed by atoms with van der Waals surface area (Å²) >= 11 is 3.20. The van der Waals surface area contributed by atoms with Gasteiger partial charge < -0.3 is 0 Å². The van der Waals surface area contributed by atoms with Crippen molar-refractivity contribution < 1.29 is 9.18 Å². The van der Waals surface area contributed by atoms with Gasteiger partial charge in [0.05, 0.1) is 0 Å². The Morgan fingerprint density at radius 1 is 1.20 bits per heavy atom. The fourth-order valence-electron chi connectivity index (χ4n) is 2.16. The Kier molecular flexibility index (Phi) is 3.10. The van der Waals surface area contributed by atoms with Crippen molar-refractivity contribution in [3.63, 3.8) is 0 Å². The quantitative estimate of drug-likeness (QED) is 0.677. The van der Waals surface area contributed by atoms with Gasteiger partial charge in [-0.15, -0.1) is 5.10 Å². The van der Waals surface area contributed by atoms with E-state index in [1.165, 1.54) is 16.8 Å². The van der Waals surface area contributed by atoms with E-state index in [9.17, 15) is 9.18 Å². The summed E-state index contributed by atoms with van der Waals surface area (Å²) in [6, 6.07) is 9.67. The van der Waals surface area contributed by atoms with E-state index in [1.54, 1.807) is 31.3 Å². The number of benzene rings is 2. The van der Waals surface area contributed by atoms with Crippen LogP contribution in [0.3, 0.4) is 0 Å². The van der Waals surface area contributed by atoms with Crippen LogP contribution < -0.4 is 0 Å². The highest BCUT2D eigenvalue weighted by atomic mass is 79.9. The van der Waals surface area contributed by atoms with Gasteiger partial charge in [0.15, 0.2) is 4.60 Å². The highest BCUT2D eigenvalue weighted by Crippen LogP contribution is 2.25. The molecule has 4 nitrogen and oxygen atoms in total. The maximum atomic E-state index is 13.8. The van der Waals surface area contributed by atoms with Crippen LogP contribution in [0.5, 0.6) is 0 Å². The second-order valence-electron chi connectivity index (χ2n) is 4.32. The van der Waals surface area contributed by atoms with Crippen molar-refractivity contribution in [2.45, 2.75) is 0 Å². The number of carbonyl (C=O) groups excluding carboxylic acids is 1. The maximum absolute atomic E-state index is 13.8. The third-order valence-corrected chi connectivity index (χ3v) is 3.65. The molecule has 0 fully saturated rings. The first kappa shape index (κ1) is 12.9. The molecule has 0 bridgehead atoms. The van der Waals surface area contributed by atoms with Crippen molar-refractivity contribution in [1.82, 2.24) is 15.0 Å². The van der Waals surface area contributed by atoms with Gasteiger partial charge in [-0.25, -0.2) is 9.07 Å². The van der Waals surface area contributed by atoms with Crippen LogP contribution >= 0.6 is 15.9 Å². The van der Waals surface area contributed by atoms with Crippen molar-refractivity contribution in [3.05, 3.63) is 58.1 Å². The monoisotopic (exact) mass is 333 g/mol. The summed E-state index contributed by atoms with van der Waals surface area (Å²) in [4.78, 5) is 12.6. The van der Waals surface area contributed by atoms with Crippen LogP contribution in [0, 0.1) is 5.82 Å². The minimum absolute atomic E-state index is 0.249. The van der Waals surface area contributed by atoms with E-state index in [-0.39, 0.29) is 11.6 Å². The van der Waals surface area contributed by atoms with Crippen LogP contribution in [-0.4, -0.2) is 20.8 Å². The summed E-state index contributed by atoms with van der Waals surface area (Å²) < 4.78 is 15.5. The fraction of sp³-hybridized carbons (Fsp3) is 0.0714. The van der Waals surface area contributed by atoms with E-state index >= 15 is 0 Å². The van der Waals surface area contributed by atoms with Crippen molar-refractivity contribution in [2.24, 2.45) is 7.05 Å². The highest BCUT2D eigenvalue weighted by molar-refractivity contribution is 9.10. The van der Waals surface area contributed by atoms with E-state index < -0.39 is 0 Å². The number of carbonyl (C=O) groups is 1. The molecule has 100 valence electrons. The Morgan fingerprint density at radius 3 is 2.55 bits per heavy atom. The van der Waals surface area contributed by atoms with Gasteiger partial charge in [-0.2, -0.15) is 0 Å². The zero-order valence-corrected chi connectivity index (χ0v) is 12.1. The van der Waals surface area contributed by atoms with Gasteiger partial charge in [-0.1, -0.05) is 29.5 Å². The normalized spacial score (nSPS) is 10.9. The Hall–Kier alpha value is -2.08. The van der Waals surface area contributed by atoms with Gasteiger partial charge in [-0.05, 0) is 33.4 Å². The highest BCUT2D eigenvalue weighted by Gasteiger charge is 2.21. The zero-order valence-electron chi connectivity index (χ0n) is 10.5. The van der Waals surface area contributed by atoms with E-state index in [0.717, 1.165) is 0 Å². The van der Waals surface area contributed by atoms with Gasteiger partial charge in [0.2, 0.25) is 5.78 Å². The number of halogens is 2. The second-order valence-corrected chi connectivity index (χ2v) is 5.07. The van der Waals surface area contributed by atoms with Gasteiger partial charge in [0, 0.05) is 18.0 Å². The Labute approximate surface area is 122 Å². The lowest BCUT2D eigenvalue weighted by atomic mass is 9.99. The lowest BCUT2D eigenvalue weighted by Gasteiger charge is -2.07. The molecule has 0 radical (unpaired) electrons. The lowest BCUT2D eigenvalue weighted by Crippen LogP contribution is -2.09. The van der Waals surface area contributed by atoms with E-state index in [0.29, 0.717) is 26.6 Å². The topological polar surface area (TPSA) is 47.8 Å². The Bertz CT molecular complexity index is 809. The summed E-state index contributed by atoms with van der Waals surface area (Å²) in [7, 11) is 1.64. The summed E-state index contributed by atoms with van der Waals surface area (Å²) in [6.45, 7) is 0. The molecule has 1 aromatic heterocycles. The number of hydrogen-bond acceptors (Lipinski definition) is 3. The molecule has 0 aliphatic heterocycles. The van der Waals surface area contributed by atoms with Gasteiger partial charge >= 0.3 is 0 Å². The first-order valence-electron chi connectivity index (χ1n) is 5.86. The number of nitrogens with zero attached hydrogens (tertiary/aromatic N) is 3. The number of rotatable bonds is 2. The SMILES string of the molecule is Cn1nnc(Br)c1C(=O)c1ccc(F)c2ccccc12. The predicted molar refractivity (Wildman–Crippen MR) is 76.0 cm³/mol. The molecule has 0 unspecified atom stereocenters. The van der Waals surface area contributed by atoms with E-state index in [1.807, 2.05) is 0 Å². The molecule has 3 rings (SSSR count). The smallest absolute Gasteiger partial charge is 0.214 e. The number of hydrogen-bond donors (Lipinski definition) is 0. The van der Waals surface area contributed by atoms with Crippen LogP contribution in [-0.2, 0) is 7.05 Å². The lowest BCUT2D eigenvalue weighted by molar-refractivity contribution is 0.103. The second kappa shape index (κ2) is 4.79. The molecular weight excluding hydrogens is 325 g/mol. The van der Waals surface area contributed by atoms with Crippen LogP contribution in [0.15, 0.2) is 41.0 Å². The summed E-state index contributed by atoms with van der Waals surface area (Å²) in [5.74, 6) is -0.597. The van der Waals surface area contributed by atoms with Crippen molar-refractivity contribution in [1.29, 1.82) is 0 Å². The van der Waals surface area contributed by atoms with Gasteiger partial charge in [0.25, 0.3) is 0 Å². The minimum atomic E-state index is -0.348. The molecule has 1 heterocycles. The number of aryl methyl sites for hydroxylation is 1. The van der Waals surface area contributed by atoms with Crippen molar-refractivity contribution in [3.8, 4) is 0 Å². The third kappa shape index (κ3) is 1.92.